The first-order valence-corrected chi connectivity index (χ1v) is 15.4. The highest BCUT2D eigenvalue weighted by molar-refractivity contribution is 7.90. The van der Waals surface area contributed by atoms with Crippen molar-refractivity contribution in [3.05, 3.63) is 59.0 Å². The van der Waals surface area contributed by atoms with Crippen molar-refractivity contribution in [2.75, 3.05) is 55.3 Å². The number of anilines is 3. The fourth-order valence-corrected chi connectivity index (χ4v) is 7.59. The Labute approximate surface area is 239 Å². The lowest BCUT2D eigenvalue weighted by molar-refractivity contribution is 0.102. The Morgan fingerprint density at radius 2 is 1.80 bits per heavy atom. The highest BCUT2D eigenvalue weighted by atomic mass is 32.2. The van der Waals surface area contributed by atoms with Gasteiger partial charge in [-0.2, -0.15) is 9.40 Å². The molecule has 2 fully saturated rings. The van der Waals surface area contributed by atoms with E-state index in [9.17, 15) is 18.0 Å². The molecule has 1 saturated heterocycles. The second-order valence-electron chi connectivity index (χ2n) is 11.8. The first-order chi connectivity index (χ1) is 19.5. The molecule has 3 aliphatic rings. The standard InChI is InChI=1S/C28H36N8O4S/c1-28(2)17-36(41(39,40)19-7-8-19)16-21-24(28)32-33-25(21)31-26(37)20-9-6-18(35-13-11-34(3)12-14-35)15-23(20)30-27(38)22-5-4-10-29-22/h4-6,9-10,15,19,29H,7-8,11-14,16-17H2,1-3H3,(H,30,38)(H2,31,32,33,37). The molecule has 0 unspecified atom stereocenters. The topological polar surface area (TPSA) is 147 Å². The van der Waals surface area contributed by atoms with E-state index < -0.39 is 21.3 Å². The van der Waals surface area contributed by atoms with Gasteiger partial charge in [-0.1, -0.05) is 13.8 Å². The van der Waals surface area contributed by atoms with Crippen LogP contribution in [0.25, 0.3) is 0 Å². The Morgan fingerprint density at radius 1 is 1.05 bits per heavy atom. The maximum atomic E-state index is 13.7. The number of nitrogens with zero attached hydrogens (tertiary/aromatic N) is 4. The number of hydrogen-bond acceptors (Lipinski definition) is 7. The van der Waals surface area contributed by atoms with E-state index in [2.05, 4.69) is 42.7 Å². The van der Waals surface area contributed by atoms with Crippen molar-refractivity contribution in [2.24, 2.45) is 0 Å². The summed E-state index contributed by atoms with van der Waals surface area (Å²) in [6, 6.07) is 8.82. The number of hydrogen-bond donors (Lipinski definition) is 4. The third-order valence-electron chi connectivity index (χ3n) is 8.19. The molecule has 4 N–H and O–H groups in total. The van der Waals surface area contributed by atoms with E-state index in [4.69, 9.17) is 0 Å². The van der Waals surface area contributed by atoms with Crippen molar-refractivity contribution < 1.29 is 18.0 Å². The largest absolute Gasteiger partial charge is 0.369 e. The van der Waals surface area contributed by atoms with Crippen molar-refractivity contribution in [3.8, 4) is 0 Å². The van der Waals surface area contributed by atoms with Crippen molar-refractivity contribution in [1.29, 1.82) is 0 Å². The average Bonchev–Trinajstić information content (AvgIpc) is 3.50. The first kappa shape index (κ1) is 27.5. The Bertz CT molecular complexity index is 1570. The lowest BCUT2D eigenvalue weighted by atomic mass is 9.84. The van der Waals surface area contributed by atoms with Gasteiger partial charge in [-0.3, -0.25) is 14.7 Å². The van der Waals surface area contributed by atoms with Gasteiger partial charge in [-0.05, 0) is 50.2 Å². The number of amides is 2. The van der Waals surface area contributed by atoms with Gasteiger partial charge in [-0.15, -0.1) is 0 Å². The SMILES string of the molecule is CN1CCN(c2ccc(C(=O)Nc3n[nH]c4c3CN(S(=O)(=O)C3CC3)CC4(C)C)c(NC(=O)c3ccc[nH]3)c2)CC1. The molecular formula is C28H36N8O4S. The van der Waals surface area contributed by atoms with E-state index in [1.807, 2.05) is 26.0 Å². The average molecular weight is 581 g/mol. The summed E-state index contributed by atoms with van der Waals surface area (Å²) in [5, 5.41) is 12.9. The molecule has 13 heteroatoms. The minimum absolute atomic E-state index is 0.141. The Balaban J connectivity index is 1.29. The van der Waals surface area contributed by atoms with E-state index in [1.54, 1.807) is 24.4 Å². The van der Waals surface area contributed by atoms with Crippen LogP contribution in [0.5, 0.6) is 0 Å². The zero-order chi connectivity index (χ0) is 28.9. The van der Waals surface area contributed by atoms with Gasteiger partial charge in [0.1, 0.15) is 5.69 Å². The molecule has 6 rings (SSSR count). The zero-order valence-corrected chi connectivity index (χ0v) is 24.3. The van der Waals surface area contributed by atoms with E-state index in [1.165, 1.54) is 4.31 Å². The molecule has 3 aromatic rings. The molecule has 2 amide bonds. The molecule has 2 aliphatic heterocycles. The Hall–Kier alpha value is -3.68. The maximum absolute atomic E-state index is 13.7. The number of sulfonamides is 1. The molecule has 0 spiro atoms. The fourth-order valence-electron chi connectivity index (χ4n) is 5.62. The van der Waals surface area contributed by atoms with Crippen molar-refractivity contribution in [1.82, 2.24) is 24.4 Å². The van der Waals surface area contributed by atoms with Crippen molar-refractivity contribution in [3.63, 3.8) is 0 Å². The third-order valence-corrected chi connectivity index (χ3v) is 10.5. The summed E-state index contributed by atoms with van der Waals surface area (Å²) < 4.78 is 27.7. The number of likely N-dealkylation sites (N-methyl/N-ethyl adjacent to an activating group) is 1. The van der Waals surface area contributed by atoms with E-state index >= 15 is 0 Å². The molecule has 0 atom stereocenters. The van der Waals surface area contributed by atoms with Gasteiger partial charge in [0.15, 0.2) is 5.82 Å². The molecule has 12 nitrogen and oxygen atoms in total. The number of carbonyl (C=O) groups is 2. The van der Waals surface area contributed by atoms with Crippen LogP contribution in [-0.4, -0.2) is 89.6 Å². The monoisotopic (exact) mass is 580 g/mol. The number of aromatic nitrogens is 3. The number of rotatable bonds is 7. The van der Waals surface area contributed by atoms with Gasteiger partial charge in [0.25, 0.3) is 11.8 Å². The minimum atomic E-state index is -3.42. The van der Waals surface area contributed by atoms with Crippen LogP contribution in [0.3, 0.4) is 0 Å². The number of nitrogens with one attached hydrogen (secondary N) is 4. The summed E-state index contributed by atoms with van der Waals surface area (Å²) in [5.41, 5.74) is 2.90. The van der Waals surface area contributed by atoms with Gasteiger partial charge < -0.3 is 25.4 Å². The van der Waals surface area contributed by atoms with Gasteiger partial charge in [0.2, 0.25) is 10.0 Å². The van der Waals surface area contributed by atoms with Gasteiger partial charge in [0, 0.05) is 67.8 Å². The van der Waals surface area contributed by atoms with Crippen LogP contribution in [0.2, 0.25) is 0 Å². The van der Waals surface area contributed by atoms with E-state index in [-0.39, 0.29) is 23.3 Å². The van der Waals surface area contributed by atoms with Crippen LogP contribution in [0.15, 0.2) is 36.5 Å². The molecule has 0 radical (unpaired) electrons. The summed E-state index contributed by atoms with van der Waals surface area (Å²) in [6.45, 7) is 7.93. The van der Waals surface area contributed by atoms with Gasteiger partial charge in [0.05, 0.1) is 16.5 Å². The van der Waals surface area contributed by atoms with Crippen LogP contribution in [-0.2, 0) is 22.0 Å². The Morgan fingerprint density at radius 3 is 2.49 bits per heavy atom. The summed E-state index contributed by atoms with van der Waals surface area (Å²) in [7, 11) is -1.33. The van der Waals surface area contributed by atoms with Crippen LogP contribution >= 0.6 is 0 Å². The predicted octanol–water partition coefficient (Wildman–Crippen LogP) is 2.58. The second-order valence-corrected chi connectivity index (χ2v) is 14.0. The molecule has 1 saturated carbocycles. The maximum Gasteiger partial charge on any atom is 0.272 e. The third kappa shape index (κ3) is 5.36. The van der Waals surface area contributed by atoms with Crippen molar-refractivity contribution in [2.45, 2.75) is 43.9 Å². The molecule has 0 bridgehead atoms. The zero-order valence-electron chi connectivity index (χ0n) is 23.5. The quantitative estimate of drug-likeness (QED) is 0.336. The van der Waals surface area contributed by atoms with Crippen molar-refractivity contribution >= 4 is 39.0 Å². The molecule has 1 aliphatic carbocycles. The van der Waals surface area contributed by atoms with Crippen LogP contribution in [0.1, 0.15) is 58.8 Å². The number of aromatic amines is 2. The van der Waals surface area contributed by atoms with Gasteiger partial charge in [-0.25, -0.2) is 8.42 Å². The lowest BCUT2D eigenvalue weighted by Crippen LogP contribution is -2.46. The lowest BCUT2D eigenvalue weighted by Gasteiger charge is -2.37. The molecule has 2 aromatic heterocycles. The normalized spacial score (nSPS) is 19.5. The van der Waals surface area contributed by atoms with E-state index in [0.29, 0.717) is 42.1 Å². The minimum Gasteiger partial charge on any atom is -0.369 e. The fraction of sp³-hybridized carbons (Fsp3) is 0.464. The summed E-state index contributed by atoms with van der Waals surface area (Å²) in [5.74, 6) is -0.524. The van der Waals surface area contributed by atoms with Crippen LogP contribution < -0.4 is 15.5 Å². The summed E-state index contributed by atoms with van der Waals surface area (Å²) in [6.07, 6.45) is 3.03. The molecular weight excluding hydrogens is 544 g/mol. The number of H-pyrrole nitrogens is 2. The molecule has 218 valence electrons. The first-order valence-electron chi connectivity index (χ1n) is 13.9. The Kier molecular flexibility index (Phi) is 6.91. The summed E-state index contributed by atoms with van der Waals surface area (Å²) >= 11 is 0. The molecule has 41 heavy (non-hydrogen) atoms. The predicted molar refractivity (Wildman–Crippen MR) is 157 cm³/mol. The smallest absolute Gasteiger partial charge is 0.272 e. The number of carbonyl (C=O) groups excluding carboxylic acids is 2. The van der Waals surface area contributed by atoms with Gasteiger partial charge >= 0.3 is 0 Å². The molecule has 4 heterocycles. The van der Waals surface area contributed by atoms with Crippen LogP contribution in [0.4, 0.5) is 17.2 Å². The highest BCUT2D eigenvalue weighted by Crippen LogP contribution is 2.40. The number of fused-ring (bicyclic) bond motifs is 1. The molecule has 1 aromatic carbocycles. The number of benzene rings is 1. The second kappa shape index (κ2) is 10.3. The van der Waals surface area contributed by atoms with Crippen LogP contribution in [0, 0.1) is 0 Å². The number of piperazine rings is 1. The van der Waals surface area contributed by atoms with E-state index in [0.717, 1.165) is 37.6 Å². The highest BCUT2D eigenvalue weighted by Gasteiger charge is 2.46. The summed E-state index contributed by atoms with van der Waals surface area (Å²) in [4.78, 5) is 34.1.